The number of nitrogens with two attached hydrogens (primary N) is 1. The van der Waals surface area contributed by atoms with Gasteiger partial charge in [-0.1, -0.05) is 5.92 Å². The molecule has 6 nitrogen and oxygen atoms in total. The highest BCUT2D eigenvalue weighted by atomic mass is 16.2. The number of primary amides is 1. The summed E-state index contributed by atoms with van der Waals surface area (Å²) in [6.07, 6.45) is 6.27. The van der Waals surface area contributed by atoms with Crippen LogP contribution in [-0.2, 0) is 4.79 Å². The van der Waals surface area contributed by atoms with Crippen LogP contribution >= 0.6 is 0 Å². The van der Waals surface area contributed by atoms with Crippen molar-refractivity contribution < 1.29 is 14.4 Å². The van der Waals surface area contributed by atoms with Crippen molar-refractivity contribution in [2.24, 2.45) is 5.73 Å². The maximum absolute atomic E-state index is 11.5. The third-order valence-corrected chi connectivity index (χ3v) is 1.80. The van der Waals surface area contributed by atoms with Crippen LogP contribution in [0.5, 0.6) is 0 Å². The number of amides is 2. The molecule has 0 fully saturated rings. The molecule has 0 aliphatic carbocycles. The molecule has 4 N–H and O–H groups in total. The van der Waals surface area contributed by atoms with Crippen LogP contribution in [0.4, 0.5) is 0 Å². The lowest BCUT2D eigenvalue weighted by Crippen LogP contribution is -2.32. The Balaban J connectivity index is 2.89. The number of terminal acetylenes is 1. The Morgan fingerprint density at radius 3 is 2.75 bits per heavy atom. The first-order chi connectivity index (χ1) is 7.57. The van der Waals surface area contributed by atoms with E-state index in [4.69, 9.17) is 12.2 Å². The summed E-state index contributed by atoms with van der Waals surface area (Å²) in [6, 6.07) is 1.30. The van der Waals surface area contributed by atoms with Gasteiger partial charge in [-0.05, 0) is 6.07 Å². The first kappa shape index (κ1) is 11.5. The highest BCUT2D eigenvalue weighted by Gasteiger charge is 2.21. The van der Waals surface area contributed by atoms with Crippen molar-refractivity contribution in [3.8, 4) is 12.3 Å². The van der Waals surface area contributed by atoms with E-state index >= 15 is 0 Å². The summed E-state index contributed by atoms with van der Waals surface area (Å²) in [5, 5.41) is 2.20. The van der Waals surface area contributed by atoms with Gasteiger partial charge in [-0.15, -0.1) is 6.42 Å². The zero-order chi connectivity index (χ0) is 12.1. The minimum absolute atomic E-state index is 0.0547. The quantitative estimate of drug-likeness (QED) is 0.345. The second kappa shape index (κ2) is 4.79. The van der Waals surface area contributed by atoms with Crippen LogP contribution in [0.25, 0.3) is 0 Å². The van der Waals surface area contributed by atoms with Gasteiger partial charge in [-0.25, -0.2) is 0 Å². The largest absolute Gasteiger partial charge is 0.364 e. The fourth-order valence-corrected chi connectivity index (χ4v) is 1.10. The lowest BCUT2D eigenvalue weighted by Gasteiger charge is -2.00. The molecule has 1 aromatic heterocycles. The average Bonchev–Trinajstić information content (AvgIpc) is 2.73. The highest BCUT2D eigenvalue weighted by Crippen LogP contribution is 2.06. The molecule has 0 saturated carbocycles. The summed E-state index contributed by atoms with van der Waals surface area (Å²) in [4.78, 5) is 36.2. The Kier molecular flexibility index (Phi) is 3.45. The zero-order valence-corrected chi connectivity index (χ0v) is 8.24. The van der Waals surface area contributed by atoms with Crippen LogP contribution < -0.4 is 11.1 Å². The first-order valence-electron chi connectivity index (χ1n) is 4.31. The maximum atomic E-state index is 11.5. The van der Waals surface area contributed by atoms with Gasteiger partial charge in [0.2, 0.25) is 0 Å². The lowest BCUT2D eigenvalue weighted by molar-refractivity contribution is -0.116. The summed E-state index contributed by atoms with van der Waals surface area (Å²) in [7, 11) is 0. The second-order valence-electron chi connectivity index (χ2n) is 2.85. The fraction of sp³-hybridized carbons (Fsp3) is 0.100. The minimum Gasteiger partial charge on any atom is -0.364 e. The van der Waals surface area contributed by atoms with E-state index in [-0.39, 0.29) is 17.8 Å². The fourth-order valence-electron chi connectivity index (χ4n) is 1.10. The number of H-pyrrole nitrogens is 1. The van der Waals surface area contributed by atoms with Gasteiger partial charge in [0.1, 0.15) is 5.69 Å². The molecule has 0 radical (unpaired) electrons. The highest BCUT2D eigenvalue weighted by molar-refractivity contribution is 6.44. The van der Waals surface area contributed by atoms with E-state index in [1.807, 2.05) is 0 Å². The second-order valence-corrected chi connectivity index (χ2v) is 2.85. The first-order valence-corrected chi connectivity index (χ1v) is 4.31. The molecule has 82 valence electrons. The van der Waals surface area contributed by atoms with Crippen molar-refractivity contribution in [3.05, 3.63) is 23.5 Å². The van der Waals surface area contributed by atoms with Crippen molar-refractivity contribution in [3.63, 3.8) is 0 Å². The Bertz CT molecular complexity index is 482. The number of aromatic nitrogens is 1. The van der Waals surface area contributed by atoms with Crippen molar-refractivity contribution in [1.29, 1.82) is 0 Å². The Morgan fingerprint density at radius 1 is 1.50 bits per heavy atom. The average molecular weight is 219 g/mol. The summed E-state index contributed by atoms with van der Waals surface area (Å²) in [6.45, 7) is -0.0547. The van der Waals surface area contributed by atoms with Gasteiger partial charge in [0.05, 0.1) is 12.1 Å². The van der Waals surface area contributed by atoms with Crippen LogP contribution in [0.3, 0.4) is 0 Å². The van der Waals surface area contributed by atoms with E-state index in [0.717, 1.165) is 0 Å². The van der Waals surface area contributed by atoms with Gasteiger partial charge in [0.15, 0.2) is 0 Å². The number of hydrogen-bond acceptors (Lipinski definition) is 3. The molecule has 0 aromatic carbocycles. The molecule has 0 bridgehead atoms. The molecule has 0 unspecified atom stereocenters. The monoisotopic (exact) mass is 219 g/mol. The van der Waals surface area contributed by atoms with Crippen LogP contribution in [0.15, 0.2) is 12.3 Å². The molecule has 1 heterocycles. The number of carbonyl (C=O) groups excluding carboxylic acids is 3. The Morgan fingerprint density at radius 2 is 2.19 bits per heavy atom. The third-order valence-electron chi connectivity index (χ3n) is 1.80. The number of hydrogen-bond donors (Lipinski definition) is 3. The summed E-state index contributed by atoms with van der Waals surface area (Å²) >= 11 is 0. The van der Waals surface area contributed by atoms with Crippen molar-refractivity contribution in [2.75, 3.05) is 6.54 Å². The van der Waals surface area contributed by atoms with Gasteiger partial charge >= 0.3 is 0 Å². The van der Waals surface area contributed by atoms with Gasteiger partial charge in [0.25, 0.3) is 17.6 Å². The minimum atomic E-state index is -0.875. The molecular formula is C10H9N3O3. The SMILES string of the molecule is C#CCNC(=O)C(=O)c1cc[nH]c1C(N)=O. The van der Waals surface area contributed by atoms with E-state index in [2.05, 4.69) is 16.2 Å². The third kappa shape index (κ3) is 2.27. The van der Waals surface area contributed by atoms with E-state index in [1.165, 1.54) is 12.3 Å². The molecular weight excluding hydrogens is 210 g/mol. The molecule has 0 aliphatic heterocycles. The molecule has 1 aromatic rings. The van der Waals surface area contributed by atoms with Gasteiger partial charge < -0.3 is 16.0 Å². The van der Waals surface area contributed by atoms with E-state index < -0.39 is 17.6 Å². The standard InChI is InChI=1S/C10H9N3O3/c1-2-4-13-10(16)8(14)6-3-5-12-7(6)9(11)15/h1,3,5,12H,4H2,(H2,11,15)(H,13,16). The number of nitrogens with one attached hydrogen (secondary N) is 2. The van der Waals surface area contributed by atoms with Crippen LogP contribution in [0.1, 0.15) is 20.8 Å². The van der Waals surface area contributed by atoms with Gasteiger partial charge in [-0.3, -0.25) is 14.4 Å². The van der Waals surface area contributed by atoms with Crippen LogP contribution in [0.2, 0.25) is 0 Å². The number of carbonyl (C=O) groups is 3. The summed E-state index contributed by atoms with van der Waals surface area (Å²) in [5.41, 5.74) is 4.85. The predicted molar refractivity (Wildman–Crippen MR) is 55.5 cm³/mol. The Labute approximate surface area is 91.2 Å². The molecule has 0 aliphatic rings. The van der Waals surface area contributed by atoms with E-state index in [1.54, 1.807) is 0 Å². The molecule has 0 saturated heterocycles. The number of rotatable bonds is 4. The van der Waals surface area contributed by atoms with Gasteiger partial charge in [0, 0.05) is 6.20 Å². The number of aromatic amines is 1. The molecule has 2 amide bonds. The molecule has 0 atom stereocenters. The maximum Gasteiger partial charge on any atom is 0.293 e. The summed E-state index contributed by atoms with van der Waals surface area (Å²) < 4.78 is 0. The molecule has 6 heteroatoms. The zero-order valence-electron chi connectivity index (χ0n) is 8.24. The molecule has 16 heavy (non-hydrogen) atoms. The molecule has 1 rings (SSSR count). The van der Waals surface area contributed by atoms with E-state index in [0.29, 0.717) is 0 Å². The smallest absolute Gasteiger partial charge is 0.293 e. The van der Waals surface area contributed by atoms with Crippen LogP contribution in [-0.4, -0.2) is 29.1 Å². The number of ketones is 1. The summed E-state index contributed by atoms with van der Waals surface area (Å²) in [5.74, 6) is -0.386. The normalized spacial score (nSPS) is 9.19. The van der Waals surface area contributed by atoms with Crippen molar-refractivity contribution in [1.82, 2.24) is 10.3 Å². The molecule has 0 spiro atoms. The van der Waals surface area contributed by atoms with Gasteiger partial charge in [-0.2, -0.15) is 0 Å². The predicted octanol–water partition coefficient (Wildman–Crippen LogP) is -0.954. The Hall–Kier alpha value is -2.55. The van der Waals surface area contributed by atoms with Crippen molar-refractivity contribution >= 4 is 17.6 Å². The van der Waals surface area contributed by atoms with Crippen LogP contribution in [0, 0.1) is 12.3 Å². The topological polar surface area (TPSA) is 105 Å². The number of Topliss-reactive ketones (excluding diaryl/α,β-unsaturated/α-hetero) is 1. The lowest BCUT2D eigenvalue weighted by atomic mass is 10.1. The van der Waals surface area contributed by atoms with E-state index in [9.17, 15) is 14.4 Å². The van der Waals surface area contributed by atoms with Crippen molar-refractivity contribution in [2.45, 2.75) is 0 Å².